The maximum absolute atomic E-state index is 12.4. The number of para-hydroxylation sites is 2. The number of rotatable bonds is 6. The molecule has 6 heteroatoms. The number of amides is 1. The number of ether oxygens (including phenoxy) is 1. The average Bonchev–Trinajstić information content (AvgIpc) is 2.93. The van der Waals surface area contributed by atoms with Crippen molar-refractivity contribution in [3.8, 4) is 5.75 Å². The van der Waals surface area contributed by atoms with Crippen LogP contribution in [0.15, 0.2) is 36.7 Å². The van der Waals surface area contributed by atoms with Gasteiger partial charge in [0.25, 0.3) is 5.91 Å². The summed E-state index contributed by atoms with van der Waals surface area (Å²) < 4.78 is 5.53. The van der Waals surface area contributed by atoms with Crippen molar-refractivity contribution in [1.82, 2.24) is 9.97 Å². The van der Waals surface area contributed by atoms with Crippen LogP contribution < -0.4 is 15.4 Å². The number of aromatic nitrogens is 2. The molecule has 26 heavy (non-hydrogen) atoms. The third-order valence-electron chi connectivity index (χ3n) is 4.53. The third-order valence-corrected chi connectivity index (χ3v) is 4.53. The Labute approximate surface area is 154 Å². The third kappa shape index (κ3) is 4.94. The minimum atomic E-state index is -0.300. The molecule has 1 aliphatic rings. The van der Waals surface area contributed by atoms with E-state index < -0.39 is 0 Å². The van der Waals surface area contributed by atoms with Crippen molar-refractivity contribution < 1.29 is 9.53 Å². The topological polar surface area (TPSA) is 76.1 Å². The first-order valence-corrected chi connectivity index (χ1v) is 9.38. The van der Waals surface area contributed by atoms with E-state index in [9.17, 15) is 4.79 Å². The van der Waals surface area contributed by atoms with Crippen LogP contribution in [0, 0.1) is 0 Å². The van der Waals surface area contributed by atoms with E-state index in [-0.39, 0.29) is 11.6 Å². The molecule has 1 heterocycles. The van der Waals surface area contributed by atoms with E-state index in [1.165, 1.54) is 31.9 Å². The zero-order valence-corrected chi connectivity index (χ0v) is 15.2. The average molecular weight is 354 g/mol. The first kappa shape index (κ1) is 18.2. The van der Waals surface area contributed by atoms with E-state index in [1.54, 1.807) is 12.3 Å². The van der Waals surface area contributed by atoms with Crippen LogP contribution in [0.25, 0.3) is 0 Å². The summed E-state index contributed by atoms with van der Waals surface area (Å²) in [4.78, 5) is 21.0. The molecule has 0 bridgehead atoms. The summed E-state index contributed by atoms with van der Waals surface area (Å²) in [6.45, 7) is 2.44. The van der Waals surface area contributed by atoms with Crippen molar-refractivity contribution in [2.45, 2.75) is 51.5 Å². The highest BCUT2D eigenvalue weighted by Gasteiger charge is 2.14. The molecule has 1 fully saturated rings. The monoisotopic (exact) mass is 354 g/mol. The van der Waals surface area contributed by atoms with Crippen molar-refractivity contribution in [3.63, 3.8) is 0 Å². The molecule has 1 saturated carbocycles. The van der Waals surface area contributed by atoms with E-state index in [4.69, 9.17) is 4.74 Å². The van der Waals surface area contributed by atoms with Gasteiger partial charge in [-0.3, -0.25) is 4.79 Å². The van der Waals surface area contributed by atoms with Gasteiger partial charge in [-0.15, -0.1) is 0 Å². The lowest BCUT2D eigenvalue weighted by molar-refractivity contribution is 0.102. The zero-order chi connectivity index (χ0) is 18.2. The van der Waals surface area contributed by atoms with Gasteiger partial charge in [-0.05, 0) is 31.9 Å². The lowest BCUT2D eigenvalue weighted by atomic mass is 10.1. The second-order valence-electron chi connectivity index (χ2n) is 6.50. The van der Waals surface area contributed by atoms with Crippen LogP contribution in [0.2, 0.25) is 0 Å². The Bertz CT molecular complexity index is 710. The number of nitrogens with one attached hydrogen (secondary N) is 2. The number of anilines is 2. The Kier molecular flexibility index (Phi) is 6.41. The van der Waals surface area contributed by atoms with Gasteiger partial charge < -0.3 is 15.4 Å². The Balaban J connectivity index is 1.62. The van der Waals surface area contributed by atoms with Crippen molar-refractivity contribution in [2.24, 2.45) is 0 Å². The lowest BCUT2D eigenvalue weighted by Crippen LogP contribution is -2.20. The molecule has 1 amide bonds. The molecule has 0 spiro atoms. The first-order valence-electron chi connectivity index (χ1n) is 9.38. The highest BCUT2D eigenvalue weighted by molar-refractivity contribution is 6.03. The summed E-state index contributed by atoms with van der Waals surface area (Å²) in [6.07, 6.45) is 10.6. The molecule has 0 aliphatic heterocycles. The van der Waals surface area contributed by atoms with Gasteiger partial charge in [-0.2, -0.15) is 0 Å². The van der Waals surface area contributed by atoms with Gasteiger partial charge in [0.2, 0.25) is 0 Å². The van der Waals surface area contributed by atoms with Crippen molar-refractivity contribution in [1.29, 1.82) is 0 Å². The van der Waals surface area contributed by atoms with E-state index in [1.807, 2.05) is 25.1 Å². The van der Waals surface area contributed by atoms with Crippen LogP contribution in [-0.2, 0) is 0 Å². The molecule has 1 aliphatic carbocycles. The van der Waals surface area contributed by atoms with Crippen LogP contribution in [0.5, 0.6) is 5.75 Å². The standard InChI is InChI=1S/C20H26N4O2/c1-2-26-18-12-8-7-11-16(18)24-20(25)17-13-22-19(14-21-17)23-15-9-5-3-4-6-10-15/h7-8,11-15H,2-6,9-10H2,1H3,(H,22,23)(H,24,25). The predicted molar refractivity (Wildman–Crippen MR) is 103 cm³/mol. The predicted octanol–water partition coefficient (Wildman–Crippen LogP) is 4.26. The molecule has 3 rings (SSSR count). The first-order chi connectivity index (χ1) is 12.8. The normalized spacial score (nSPS) is 15.1. The lowest BCUT2D eigenvalue weighted by Gasteiger charge is -2.16. The molecule has 0 unspecified atom stereocenters. The molecule has 1 aromatic heterocycles. The highest BCUT2D eigenvalue weighted by atomic mass is 16.5. The second-order valence-corrected chi connectivity index (χ2v) is 6.50. The number of nitrogens with zero attached hydrogens (tertiary/aromatic N) is 2. The van der Waals surface area contributed by atoms with Gasteiger partial charge in [0.05, 0.1) is 24.7 Å². The van der Waals surface area contributed by atoms with Gasteiger partial charge in [0.15, 0.2) is 0 Å². The molecule has 2 aromatic rings. The molecule has 1 aromatic carbocycles. The second kappa shape index (κ2) is 9.17. The maximum Gasteiger partial charge on any atom is 0.275 e. The van der Waals surface area contributed by atoms with Crippen LogP contribution in [0.4, 0.5) is 11.5 Å². The number of benzene rings is 1. The minimum absolute atomic E-state index is 0.280. The Hall–Kier alpha value is -2.63. The van der Waals surface area contributed by atoms with E-state index in [0.717, 1.165) is 18.7 Å². The number of hydrogen-bond acceptors (Lipinski definition) is 5. The smallest absolute Gasteiger partial charge is 0.275 e. The van der Waals surface area contributed by atoms with E-state index in [2.05, 4.69) is 20.6 Å². The number of carbonyl (C=O) groups excluding carboxylic acids is 1. The summed E-state index contributed by atoms with van der Waals surface area (Å²) in [5, 5.41) is 6.27. The Morgan fingerprint density at radius 2 is 1.88 bits per heavy atom. The zero-order valence-electron chi connectivity index (χ0n) is 15.2. The van der Waals surface area contributed by atoms with Crippen LogP contribution in [0.1, 0.15) is 55.9 Å². The molecule has 2 N–H and O–H groups in total. The molecule has 138 valence electrons. The minimum Gasteiger partial charge on any atom is -0.492 e. The van der Waals surface area contributed by atoms with Gasteiger partial charge in [-0.25, -0.2) is 9.97 Å². The summed E-state index contributed by atoms with van der Waals surface area (Å²) in [5.41, 5.74) is 0.907. The van der Waals surface area contributed by atoms with E-state index >= 15 is 0 Å². The molecular formula is C20H26N4O2. The van der Waals surface area contributed by atoms with Crippen molar-refractivity contribution >= 4 is 17.4 Å². The number of hydrogen-bond donors (Lipinski definition) is 2. The fraction of sp³-hybridized carbons (Fsp3) is 0.450. The van der Waals surface area contributed by atoms with Gasteiger partial charge in [0, 0.05) is 6.04 Å². The van der Waals surface area contributed by atoms with Gasteiger partial charge in [0.1, 0.15) is 17.3 Å². The summed E-state index contributed by atoms with van der Waals surface area (Å²) in [7, 11) is 0. The van der Waals surface area contributed by atoms with Crippen LogP contribution in [0.3, 0.4) is 0 Å². The summed E-state index contributed by atoms with van der Waals surface area (Å²) in [6, 6.07) is 7.80. The van der Waals surface area contributed by atoms with Gasteiger partial charge >= 0.3 is 0 Å². The van der Waals surface area contributed by atoms with Crippen LogP contribution >= 0.6 is 0 Å². The molecule has 0 saturated heterocycles. The summed E-state index contributed by atoms with van der Waals surface area (Å²) >= 11 is 0. The maximum atomic E-state index is 12.4. The fourth-order valence-corrected chi connectivity index (χ4v) is 3.19. The summed E-state index contributed by atoms with van der Waals surface area (Å²) in [5.74, 6) is 1.07. The largest absolute Gasteiger partial charge is 0.492 e. The fourth-order valence-electron chi connectivity index (χ4n) is 3.19. The molecule has 0 atom stereocenters. The van der Waals surface area contributed by atoms with Crippen molar-refractivity contribution in [2.75, 3.05) is 17.2 Å². The SMILES string of the molecule is CCOc1ccccc1NC(=O)c1cnc(NC2CCCCCC2)cn1. The Morgan fingerprint density at radius 1 is 1.12 bits per heavy atom. The van der Waals surface area contributed by atoms with Crippen LogP contribution in [-0.4, -0.2) is 28.5 Å². The van der Waals surface area contributed by atoms with Gasteiger partial charge in [-0.1, -0.05) is 37.8 Å². The van der Waals surface area contributed by atoms with Crippen molar-refractivity contribution in [3.05, 3.63) is 42.4 Å². The van der Waals surface area contributed by atoms with E-state index in [0.29, 0.717) is 24.1 Å². The molecular weight excluding hydrogens is 328 g/mol. The number of carbonyl (C=O) groups is 1. The Morgan fingerprint density at radius 3 is 2.58 bits per heavy atom. The molecule has 6 nitrogen and oxygen atoms in total. The quantitative estimate of drug-likeness (QED) is 0.758. The molecule has 0 radical (unpaired) electrons. The highest BCUT2D eigenvalue weighted by Crippen LogP contribution is 2.24.